The smallest absolute Gasteiger partial charge is 0.480 e. The molecular weight excluding hydrogens is 458 g/mol. The van der Waals surface area contributed by atoms with E-state index in [1.54, 1.807) is 16.9 Å². The third-order valence-corrected chi connectivity index (χ3v) is 5.57. The molecule has 1 aromatic carbocycles. The molecular formula is C22H17F4N5O3. The molecule has 4 aromatic rings. The van der Waals surface area contributed by atoms with Gasteiger partial charge in [-0.25, -0.2) is 18.9 Å². The number of ether oxygens (including phenoxy) is 3. The number of hydrogen-bond donors (Lipinski definition) is 0. The predicted octanol–water partition coefficient (Wildman–Crippen LogP) is 4.51. The van der Waals surface area contributed by atoms with Crippen molar-refractivity contribution >= 4 is 5.65 Å². The minimum Gasteiger partial charge on any atom is -0.480 e. The molecule has 3 heterocycles. The van der Waals surface area contributed by atoms with Crippen LogP contribution in [0.4, 0.5) is 17.6 Å². The number of imidazole rings is 1. The second kappa shape index (κ2) is 8.12. The molecule has 0 unspecified atom stereocenters. The lowest BCUT2D eigenvalue weighted by molar-refractivity contribution is -0.274. The molecule has 2 atom stereocenters. The van der Waals surface area contributed by atoms with Crippen LogP contribution in [0.3, 0.4) is 0 Å². The summed E-state index contributed by atoms with van der Waals surface area (Å²) in [7, 11) is 2.91. The van der Waals surface area contributed by atoms with E-state index in [-0.39, 0.29) is 23.7 Å². The minimum atomic E-state index is -4.89. The van der Waals surface area contributed by atoms with E-state index in [1.807, 2.05) is 6.07 Å². The number of halogens is 4. The number of fused-ring (bicyclic) bond motifs is 1. The van der Waals surface area contributed by atoms with Crippen LogP contribution in [0.5, 0.6) is 17.6 Å². The Kier molecular flexibility index (Phi) is 5.22. The third-order valence-electron chi connectivity index (χ3n) is 5.57. The lowest BCUT2D eigenvalue weighted by atomic mass is 10.0. The van der Waals surface area contributed by atoms with Crippen LogP contribution >= 0.6 is 0 Å². The van der Waals surface area contributed by atoms with Gasteiger partial charge in [-0.15, -0.1) is 13.2 Å². The van der Waals surface area contributed by atoms with E-state index in [2.05, 4.69) is 24.8 Å². The summed E-state index contributed by atoms with van der Waals surface area (Å²) in [6.07, 6.45) is 0.517. The first kappa shape index (κ1) is 21.9. The first-order chi connectivity index (χ1) is 16.3. The fourth-order valence-electron chi connectivity index (χ4n) is 4.01. The van der Waals surface area contributed by atoms with Gasteiger partial charge in [0.05, 0.1) is 25.5 Å². The summed E-state index contributed by atoms with van der Waals surface area (Å²) >= 11 is 0. The summed E-state index contributed by atoms with van der Waals surface area (Å²) < 4.78 is 67.8. The van der Waals surface area contributed by atoms with E-state index < -0.39 is 17.9 Å². The number of benzene rings is 1. The SMILES string of the molecule is COc1ncc(-c2cc([C@H]3C[C@@H]3c3ccc(OC(F)(F)F)cc3F)c3nccn3n2)c(OC)n1. The van der Waals surface area contributed by atoms with Crippen molar-refractivity contribution in [3.8, 4) is 28.9 Å². The molecule has 1 aliphatic rings. The quantitative estimate of drug-likeness (QED) is 0.380. The van der Waals surface area contributed by atoms with Crippen LogP contribution in [0.2, 0.25) is 0 Å². The second-order valence-corrected chi connectivity index (χ2v) is 7.64. The zero-order valence-electron chi connectivity index (χ0n) is 17.9. The topological polar surface area (TPSA) is 83.7 Å². The van der Waals surface area contributed by atoms with Crippen LogP contribution in [0.1, 0.15) is 29.4 Å². The van der Waals surface area contributed by atoms with Crippen LogP contribution in [0.15, 0.2) is 42.9 Å². The molecule has 1 fully saturated rings. The maximum Gasteiger partial charge on any atom is 0.573 e. The molecule has 0 amide bonds. The van der Waals surface area contributed by atoms with Crippen LogP contribution in [-0.4, -0.2) is 45.1 Å². The van der Waals surface area contributed by atoms with Crippen LogP contribution in [-0.2, 0) is 0 Å². The zero-order chi connectivity index (χ0) is 24.0. The fraction of sp³-hybridized carbons (Fsp3) is 0.273. The van der Waals surface area contributed by atoms with E-state index >= 15 is 0 Å². The summed E-state index contributed by atoms with van der Waals surface area (Å²) in [6.45, 7) is 0. The van der Waals surface area contributed by atoms with Gasteiger partial charge in [0.25, 0.3) is 0 Å². The number of hydrogen-bond acceptors (Lipinski definition) is 7. The maximum atomic E-state index is 14.6. The summed E-state index contributed by atoms with van der Waals surface area (Å²) in [6, 6.07) is 5.15. The molecule has 12 heteroatoms. The average molecular weight is 475 g/mol. The van der Waals surface area contributed by atoms with E-state index in [0.717, 1.165) is 17.7 Å². The van der Waals surface area contributed by atoms with Crippen molar-refractivity contribution in [1.82, 2.24) is 24.6 Å². The Hall–Kier alpha value is -3.96. The Morgan fingerprint density at radius 2 is 1.82 bits per heavy atom. The first-order valence-corrected chi connectivity index (χ1v) is 10.1. The van der Waals surface area contributed by atoms with Crippen molar-refractivity contribution in [1.29, 1.82) is 0 Å². The number of aromatic nitrogens is 5. The lowest BCUT2D eigenvalue weighted by Crippen LogP contribution is -2.17. The molecule has 0 aliphatic heterocycles. The summed E-state index contributed by atoms with van der Waals surface area (Å²) in [4.78, 5) is 12.7. The zero-order valence-corrected chi connectivity index (χ0v) is 17.9. The van der Waals surface area contributed by atoms with Gasteiger partial charge in [-0.2, -0.15) is 10.1 Å². The Morgan fingerprint density at radius 3 is 2.53 bits per heavy atom. The lowest BCUT2D eigenvalue weighted by Gasteiger charge is -2.11. The van der Waals surface area contributed by atoms with Crippen LogP contribution in [0.25, 0.3) is 16.9 Å². The summed E-state index contributed by atoms with van der Waals surface area (Å²) in [5.74, 6) is -1.43. The number of rotatable bonds is 6. The predicted molar refractivity (Wildman–Crippen MR) is 110 cm³/mol. The van der Waals surface area contributed by atoms with Gasteiger partial charge in [0, 0.05) is 30.2 Å². The highest BCUT2D eigenvalue weighted by Crippen LogP contribution is 2.56. The number of methoxy groups -OCH3 is 2. The Labute approximate surface area is 190 Å². The van der Waals surface area contributed by atoms with E-state index in [0.29, 0.717) is 28.9 Å². The molecule has 0 saturated heterocycles. The fourth-order valence-corrected chi connectivity index (χ4v) is 4.01. The molecule has 5 rings (SSSR count). The molecule has 8 nitrogen and oxygen atoms in total. The summed E-state index contributed by atoms with van der Waals surface area (Å²) in [5, 5.41) is 4.56. The molecule has 0 bridgehead atoms. The van der Waals surface area contributed by atoms with Gasteiger partial charge < -0.3 is 14.2 Å². The Balaban J connectivity index is 1.50. The standard InChI is InChI=1S/C22H17F4N5O3/c1-32-20-16(10-28-21(29-20)33-2)18-9-15(19-27-5-6-31(19)30-18)14-8-13(14)12-4-3-11(7-17(12)23)34-22(24,25)26/h3-7,9-10,13-14H,8H2,1-2H3/t13-,14+/m1/s1. The van der Waals surface area contributed by atoms with Crippen molar-refractivity contribution in [3.05, 3.63) is 59.8 Å². The van der Waals surface area contributed by atoms with E-state index in [1.165, 1.54) is 26.5 Å². The first-order valence-electron chi connectivity index (χ1n) is 10.1. The van der Waals surface area contributed by atoms with Crippen LogP contribution < -0.4 is 14.2 Å². The van der Waals surface area contributed by atoms with Gasteiger partial charge in [-0.05, 0) is 36.0 Å². The van der Waals surface area contributed by atoms with Crippen molar-refractivity contribution in [2.24, 2.45) is 0 Å². The average Bonchev–Trinajstić information content (AvgIpc) is 3.43. The van der Waals surface area contributed by atoms with Crippen molar-refractivity contribution in [3.63, 3.8) is 0 Å². The molecule has 0 spiro atoms. The van der Waals surface area contributed by atoms with Crippen LogP contribution in [0, 0.1) is 5.82 Å². The molecule has 3 aromatic heterocycles. The molecule has 1 saturated carbocycles. The Bertz CT molecular complexity index is 1370. The van der Waals surface area contributed by atoms with Crippen molar-refractivity contribution < 1.29 is 31.8 Å². The van der Waals surface area contributed by atoms with E-state index in [4.69, 9.17) is 9.47 Å². The Morgan fingerprint density at radius 1 is 1.03 bits per heavy atom. The number of alkyl halides is 3. The molecule has 34 heavy (non-hydrogen) atoms. The summed E-state index contributed by atoms with van der Waals surface area (Å²) in [5.41, 5.74) is 2.76. The molecule has 1 aliphatic carbocycles. The second-order valence-electron chi connectivity index (χ2n) is 7.64. The van der Waals surface area contributed by atoms with Gasteiger partial charge in [-0.3, -0.25) is 0 Å². The third kappa shape index (κ3) is 4.06. The van der Waals surface area contributed by atoms with Gasteiger partial charge >= 0.3 is 12.4 Å². The minimum absolute atomic E-state index is 0.110. The highest BCUT2D eigenvalue weighted by atomic mass is 19.4. The molecule has 176 valence electrons. The van der Waals surface area contributed by atoms with Crippen molar-refractivity contribution in [2.75, 3.05) is 14.2 Å². The van der Waals surface area contributed by atoms with Crippen molar-refractivity contribution in [2.45, 2.75) is 24.6 Å². The largest absolute Gasteiger partial charge is 0.573 e. The molecule has 0 N–H and O–H groups in total. The maximum absolute atomic E-state index is 14.6. The van der Waals surface area contributed by atoms with Gasteiger partial charge in [0.1, 0.15) is 11.6 Å². The monoisotopic (exact) mass is 475 g/mol. The van der Waals surface area contributed by atoms with Gasteiger partial charge in [0.2, 0.25) is 5.88 Å². The van der Waals surface area contributed by atoms with Gasteiger partial charge in [-0.1, -0.05) is 6.07 Å². The highest BCUT2D eigenvalue weighted by molar-refractivity contribution is 5.68. The van der Waals surface area contributed by atoms with E-state index in [9.17, 15) is 17.6 Å². The number of nitrogens with zero attached hydrogens (tertiary/aromatic N) is 5. The van der Waals surface area contributed by atoms with Gasteiger partial charge in [0.15, 0.2) is 5.65 Å². The normalized spacial score (nSPS) is 17.6. The highest BCUT2D eigenvalue weighted by Gasteiger charge is 2.43. The molecule has 0 radical (unpaired) electrons.